The molecule has 0 amide bonds. The molecule has 1 aliphatic heterocycles. The highest BCUT2D eigenvalue weighted by molar-refractivity contribution is 7.71. The first kappa shape index (κ1) is 18.2. The van der Waals surface area contributed by atoms with E-state index in [2.05, 4.69) is 9.47 Å². The number of halogens is 1. The van der Waals surface area contributed by atoms with Gasteiger partial charge in [-0.1, -0.05) is 36.6 Å². The summed E-state index contributed by atoms with van der Waals surface area (Å²) in [5.41, 5.74) is 0.944. The smallest absolute Gasteiger partial charge is 0.199 e. The van der Waals surface area contributed by atoms with Gasteiger partial charge >= 0.3 is 0 Å². The SMILES string of the molecule is OC1CCN(Cn2nc(-c3ccccc3Cl)n(C3CCCC3)c2=S)CC1. The molecule has 4 rings (SSSR count). The quantitative estimate of drug-likeness (QED) is 0.789. The van der Waals surface area contributed by atoms with Crippen molar-refractivity contribution in [2.24, 2.45) is 0 Å². The fourth-order valence-electron chi connectivity index (χ4n) is 4.08. The highest BCUT2D eigenvalue weighted by Gasteiger charge is 2.25. The second-order valence-corrected chi connectivity index (χ2v) is 8.16. The summed E-state index contributed by atoms with van der Waals surface area (Å²) in [7, 11) is 0. The van der Waals surface area contributed by atoms with E-state index in [0.717, 1.165) is 54.9 Å². The number of aliphatic hydroxyl groups excluding tert-OH is 1. The van der Waals surface area contributed by atoms with Crippen molar-refractivity contribution in [2.75, 3.05) is 13.1 Å². The maximum absolute atomic E-state index is 9.73. The largest absolute Gasteiger partial charge is 0.393 e. The van der Waals surface area contributed by atoms with Crippen molar-refractivity contribution in [1.82, 2.24) is 19.2 Å². The summed E-state index contributed by atoms with van der Waals surface area (Å²) in [5.74, 6) is 0.879. The van der Waals surface area contributed by atoms with Gasteiger partial charge in [0.1, 0.15) is 0 Å². The molecule has 1 aromatic heterocycles. The number of rotatable bonds is 4. The number of benzene rings is 1. The van der Waals surface area contributed by atoms with Gasteiger partial charge in [0.25, 0.3) is 0 Å². The van der Waals surface area contributed by atoms with E-state index in [1.54, 1.807) is 0 Å². The Bertz CT molecular complexity index is 819. The standard InChI is InChI=1S/C19H25ClN4OS/c20-17-8-4-3-7-16(17)18-21-23(13-22-11-9-15(25)10-12-22)19(26)24(18)14-5-1-2-6-14/h3-4,7-8,14-15,25H,1-2,5-6,9-13H2. The van der Waals surface area contributed by atoms with Crippen LogP contribution >= 0.6 is 23.8 Å². The topological polar surface area (TPSA) is 46.2 Å². The molecule has 0 atom stereocenters. The van der Waals surface area contributed by atoms with Crippen LogP contribution < -0.4 is 0 Å². The van der Waals surface area contributed by atoms with Crippen molar-refractivity contribution < 1.29 is 5.11 Å². The predicted octanol–water partition coefficient (Wildman–Crippen LogP) is 4.26. The van der Waals surface area contributed by atoms with E-state index in [4.69, 9.17) is 28.9 Å². The summed E-state index contributed by atoms with van der Waals surface area (Å²) < 4.78 is 4.93. The van der Waals surface area contributed by atoms with Crippen LogP contribution in [0.1, 0.15) is 44.6 Å². The third-order valence-electron chi connectivity index (χ3n) is 5.57. The van der Waals surface area contributed by atoms with Crippen molar-refractivity contribution >= 4 is 23.8 Å². The number of hydrogen-bond acceptors (Lipinski definition) is 4. The van der Waals surface area contributed by atoms with Crippen molar-refractivity contribution in [3.05, 3.63) is 34.1 Å². The molecule has 0 spiro atoms. The van der Waals surface area contributed by atoms with Crippen molar-refractivity contribution in [2.45, 2.75) is 57.3 Å². The van der Waals surface area contributed by atoms with Crippen LogP contribution in [0.2, 0.25) is 5.02 Å². The Hall–Kier alpha value is -1.21. The molecule has 2 fully saturated rings. The second kappa shape index (κ2) is 7.80. The average molecular weight is 393 g/mol. The monoisotopic (exact) mass is 392 g/mol. The van der Waals surface area contributed by atoms with Gasteiger partial charge in [-0.15, -0.1) is 0 Å². The lowest BCUT2D eigenvalue weighted by atomic mass is 10.1. The first-order chi connectivity index (χ1) is 12.6. The van der Waals surface area contributed by atoms with Crippen molar-refractivity contribution in [1.29, 1.82) is 0 Å². The zero-order chi connectivity index (χ0) is 18.1. The first-order valence-corrected chi connectivity index (χ1v) is 10.3. The summed E-state index contributed by atoms with van der Waals surface area (Å²) in [5, 5.41) is 15.3. The van der Waals surface area contributed by atoms with E-state index in [1.807, 2.05) is 28.9 Å². The lowest BCUT2D eigenvalue weighted by Crippen LogP contribution is -2.37. The van der Waals surface area contributed by atoms with E-state index in [1.165, 1.54) is 12.8 Å². The van der Waals surface area contributed by atoms with E-state index in [-0.39, 0.29) is 6.10 Å². The third-order valence-corrected chi connectivity index (χ3v) is 6.30. The summed E-state index contributed by atoms with van der Waals surface area (Å²) in [6.07, 6.45) is 6.23. The summed E-state index contributed by atoms with van der Waals surface area (Å²) in [4.78, 5) is 2.31. The van der Waals surface area contributed by atoms with Crippen molar-refractivity contribution in [3.8, 4) is 11.4 Å². The molecule has 2 aliphatic rings. The molecule has 1 saturated heterocycles. The Morgan fingerprint density at radius 1 is 1.12 bits per heavy atom. The minimum absolute atomic E-state index is 0.172. The Morgan fingerprint density at radius 3 is 2.50 bits per heavy atom. The molecule has 2 heterocycles. The number of aromatic nitrogens is 3. The third kappa shape index (κ3) is 3.60. The molecular formula is C19H25ClN4OS. The van der Waals surface area contributed by atoms with Crippen LogP contribution in [0.5, 0.6) is 0 Å². The summed E-state index contributed by atoms with van der Waals surface area (Å²) in [6, 6.07) is 8.27. The van der Waals surface area contributed by atoms with Crippen LogP contribution in [0.15, 0.2) is 24.3 Å². The normalized spacial score (nSPS) is 20.1. The minimum atomic E-state index is -0.172. The van der Waals surface area contributed by atoms with Crippen LogP contribution in [-0.2, 0) is 6.67 Å². The van der Waals surface area contributed by atoms with Gasteiger partial charge in [-0.05, 0) is 50.0 Å². The number of hydrogen-bond donors (Lipinski definition) is 1. The molecule has 140 valence electrons. The van der Waals surface area contributed by atoms with Gasteiger partial charge in [-0.2, -0.15) is 5.10 Å². The van der Waals surface area contributed by atoms with Crippen LogP contribution in [0.3, 0.4) is 0 Å². The molecule has 1 N–H and O–H groups in total. The maximum Gasteiger partial charge on any atom is 0.199 e. The molecule has 1 aromatic carbocycles. The molecule has 1 saturated carbocycles. The first-order valence-electron chi connectivity index (χ1n) is 9.48. The second-order valence-electron chi connectivity index (χ2n) is 7.38. The minimum Gasteiger partial charge on any atom is -0.393 e. The van der Waals surface area contributed by atoms with Crippen molar-refractivity contribution in [3.63, 3.8) is 0 Å². The molecule has 26 heavy (non-hydrogen) atoms. The zero-order valence-electron chi connectivity index (χ0n) is 14.9. The molecule has 5 nitrogen and oxygen atoms in total. The molecule has 0 bridgehead atoms. The van der Waals surface area contributed by atoms with Gasteiger partial charge in [0.05, 0.1) is 17.8 Å². The molecular weight excluding hydrogens is 368 g/mol. The van der Waals surface area contributed by atoms with Gasteiger partial charge in [0.15, 0.2) is 10.6 Å². The molecule has 2 aromatic rings. The number of likely N-dealkylation sites (tertiary alicyclic amines) is 1. The Morgan fingerprint density at radius 2 is 1.81 bits per heavy atom. The number of piperidine rings is 1. The zero-order valence-corrected chi connectivity index (χ0v) is 16.4. The Labute approximate surface area is 164 Å². The summed E-state index contributed by atoms with van der Waals surface area (Å²) >= 11 is 12.3. The highest BCUT2D eigenvalue weighted by Crippen LogP contribution is 2.35. The molecule has 7 heteroatoms. The maximum atomic E-state index is 9.73. The molecule has 0 radical (unpaired) electrons. The fraction of sp³-hybridized carbons (Fsp3) is 0.579. The van der Waals surface area contributed by atoms with E-state index in [9.17, 15) is 5.11 Å². The molecule has 1 aliphatic carbocycles. The number of aliphatic hydroxyl groups is 1. The lowest BCUT2D eigenvalue weighted by molar-refractivity contribution is 0.0650. The Balaban J connectivity index is 1.70. The molecule has 0 unspecified atom stereocenters. The van der Waals surface area contributed by atoms with Gasteiger partial charge in [-0.3, -0.25) is 9.47 Å². The van der Waals surface area contributed by atoms with Gasteiger partial charge in [0.2, 0.25) is 0 Å². The lowest BCUT2D eigenvalue weighted by Gasteiger charge is -2.29. The number of nitrogens with zero attached hydrogens (tertiary/aromatic N) is 4. The van der Waals surface area contributed by atoms with Gasteiger partial charge in [-0.25, -0.2) is 4.68 Å². The summed E-state index contributed by atoms with van der Waals surface area (Å²) in [6.45, 7) is 2.42. The highest BCUT2D eigenvalue weighted by atomic mass is 35.5. The van der Waals surface area contributed by atoms with Gasteiger partial charge < -0.3 is 5.11 Å². The van der Waals surface area contributed by atoms with Crippen LogP contribution in [0.25, 0.3) is 11.4 Å². The van der Waals surface area contributed by atoms with E-state index < -0.39 is 0 Å². The fourth-order valence-corrected chi connectivity index (χ4v) is 4.63. The van der Waals surface area contributed by atoms with Crippen LogP contribution in [0, 0.1) is 4.77 Å². The van der Waals surface area contributed by atoms with Gasteiger partial charge in [0, 0.05) is 24.7 Å². The Kier molecular flexibility index (Phi) is 5.45. The van der Waals surface area contributed by atoms with E-state index in [0.29, 0.717) is 17.7 Å². The van der Waals surface area contributed by atoms with Crippen LogP contribution in [-0.4, -0.2) is 43.5 Å². The van der Waals surface area contributed by atoms with Crippen LogP contribution in [0.4, 0.5) is 0 Å². The van der Waals surface area contributed by atoms with E-state index >= 15 is 0 Å². The average Bonchev–Trinajstić information content (AvgIpc) is 3.26. The predicted molar refractivity (Wildman–Crippen MR) is 106 cm³/mol.